The van der Waals surface area contributed by atoms with E-state index in [-0.39, 0.29) is 11.8 Å². The largest absolute Gasteiger partial charge is 0.272 e. The normalized spacial score (nSPS) is 17.3. The molecule has 4 nitrogen and oxygen atoms in total. The van der Waals surface area contributed by atoms with Gasteiger partial charge in [-0.25, -0.2) is 4.98 Å². The van der Waals surface area contributed by atoms with Gasteiger partial charge in [0.25, 0.3) is 5.91 Å². The lowest BCUT2D eigenvalue weighted by Crippen LogP contribution is -2.38. The zero-order valence-electron chi connectivity index (χ0n) is 13.6. The molecule has 25 heavy (non-hydrogen) atoms. The van der Waals surface area contributed by atoms with E-state index in [9.17, 15) is 4.79 Å². The summed E-state index contributed by atoms with van der Waals surface area (Å²) in [5.74, 6) is 0.224. The molecule has 4 rings (SSSR count). The van der Waals surface area contributed by atoms with Crippen molar-refractivity contribution >= 4 is 17.4 Å². The Morgan fingerprint density at radius 3 is 2.20 bits per heavy atom. The summed E-state index contributed by atoms with van der Waals surface area (Å²) in [7, 11) is 0. The van der Waals surface area contributed by atoms with Crippen molar-refractivity contribution in [2.45, 2.75) is 12.3 Å². The Morgan fingerprint density at radius 2 is 1.52 bits per heavy atom. The van der Waals surface area contributed by atoms with Crippen LogP contribution in [0.2, 0.25) is 0 Å². The molecular formula is C21H17N3O. The fraction of sp³-hybridized carbons (Fsp3) is 0.0952. The van der Waals surface area contributed by atoms with Crippen LogP contribution in [0.4, 0.5) is 5.82 Å². The van der Waals surface area contributed by atoms with Gasteiger partial charge in [-0.05, 0) is 23.3 Å². The van der Waals surface area contributed by atoms with Crippen LogP contribution in [0.15, 0.2) is 90.2 Å². The Hall–Kier alpha value is -3.27. The third-order valence-electron chi connectivity index (χ3n) is 4.30. The summed E-state index contributed by atoms with van der Waals surface area (Å²) in [6.45, 7) is 0. The maximum absolute atomic E-state index is 13.1. The molecule has 1 aliphatic rings. The van der Waals surface area contributed by atoms with Crippen molar-refractivity contribution in [1.29, 1.82) is 0 Å². The summed E-state index contributed by atoms with van der Waals surface area (Å²) in [5.41, 5.74) is 2.91. The summed E-state index contributed by atoms with van der Waals surface area (Å²) in [5, 5.41) is 6.05. The smallest absolute Gasteiger partial charge is 0.256 e. The van der Waals surface area contributed by atoms with Crippen molar-refractivity contribution in [2.75, 3.05) is 5.01 Å². The number of benzene rings is 2. The number of carbonyl (C=O) groups is 1. The second-order valence-electron chi connectivity index (χ2n) is 5.92. The second-order valence-corrected chi connectivity index (χ2v) is 5.92. The molecule has 2 aromatic carbocycles. The van der Waals surface area contributed by atoms with Crippen LogP contribution in [0.1, 0.15) is 23.5 Å². The molecule has 1 unspecified atom stereocenters. The molecule has 0 saturated carbocycles. The van der Waals surface area contributed by atoms with Crippen molar-refractivity contribution < 1.29 is 4.79 Å². The molecule has 1 aliphatic heterocycles. The number of carbonyl (C=O) groups excluding carboxylic acids is 1. The van der Waals surface area contributed by atoms with Crippen LogP contribution in [0.25, 0.3) is 0 Å². The summed E-state index contributed by atoms with van der Waals surface area (Å²) < 4.78 is 0. The van der Waals surface area contributed by atoms with E-state index >= 15 is 0 Å². The molecule has 0 saturated heterocycles. The van der Waals surface area contributed by atoms with Crippen molar-refractivity contribution in [2.24, 2.45) is 5.10 Å². The van der Waals surface area contributed by atoms with Gasteiger partial charge in [-0.2, -0.15) is 10.1 Å². The van der Waals surface area contributed by atoms with E-state index in [1.54, 1.807) is 12.3 Å². The first-order valence-corrected chi connectivity index (χ1v) is 8.26. The van der Waals surface area contributed by atoms with E-state index in [4.69, 9.17) is 0 Å². The fourth-order valence-electron chi connectivity index (χ4n) is 3.03. The highest BCUT2D eigenvalue weighted by molar-refractivity contribution is 6.11. The molecule has 1 aromatic heterocycles. The maximum Gasteiger partial charge on any atom is 0.256 e. The fourth-order valence-corrected chi connectivity index (χ4v) is 3.03. The number of rotatable bonds is 3. The Labute approximate surface area is 146 Å². The number of pyridine rings is 1. The summed E-state index contributed by atoms with van der Waals surface area (Å²) in [6.07, 6.45) is 2.25. The maximum atomic E-state index is 13.1. The van der Waals surface area contributed by atoms with Gasteiger partial charge in [0.1, 0.15) is 0 Å². The summed E-state index contributed by atoms with van der Waals surface area (Å²) in [4.78, 5) is 17.4. The Balaban J connectivity index is 1.80. The second kappa shape index (κ2) is 6.69. The van der Waals surface area contributed by atoms with Gasteiger partial charge in [0.2, 0.25) is 0 Å². The Bertz CT molecular complexity index is 892. The van der Waals surface area contributed by atoms with E-state index in [1.807, 2.05) is 72.8 Å². The molecule has 0 radical (unpaired) electrons. The molecule has 1 atom stereocenters. The van der Waals surface area contributed by atoms with Crippen LogP contribution in [-0.2, 0) is 4.79 Å². The van der Waals surface area contributed by atoms with Crippen molar-refractivity contribution in [3.05, 3.63) is 96.2 Å². The molecular weight excluding hydrogens is 310 g/mol. The molecule has 122 valence electrons. The van der Waals surface area contributed by atoms with Crippen LogP contribution in [0.5, 0.6) is 0 Å². The van der Waals surface area contributed by atoms with Gasteiger partial charge in [0.15, 0.2) is 5.82 Å². The van der Waals surface area contributed by atoms with E-state index in [2.05, 4.69) is 10.1 Å². The monoisotopic (exact) mass is 327 g/mol. The molecule has 4 heteroatoms. The summed E-state index contributed by atoms with van der Waals surface area (Å²) >= 11 is 0. The zero-order chi connectivity index (χ0) is 17.1. The first kappa shape index (κ1) is 15.3. The average molecular weight is 327 g/mol. The first-order valence-electron chi connectivity index (χ1n) is 8.26. The van der Waals surface area contributed by atoms with E-state index in [1.165, 1.54) is 5.01 Å². The minimum Gasteiger partial charge on any atom is -0.272 e. The van der Waals surface area contributed by atoms with Gasteiger partial charge >= 0.3 is 0 Å². The van der Waals surface area contributed by atoms with Crippen molar-refractivity contribution in [1.82, 2.24) is 4.98 Å². The standard InChI is InChI=1S/C21H17N3O/c25-21-18(16-9-3-1-4-10-16)15-19(17-11-5-2-6-12-17)23-24(21)20-13-7-8-14-22-20/h1-14,18H,15H2. The number of hydrogen-bond donors (Lipinski definition) is 0. The third-order valence-corrected chi connectivity index (χ3v) is 4.30. The number of anilines is 1. The van der Waals surface area contributed by atoms with Crippen LogP contribution in [0, 0.1) is 0 Å². The van der Waals surface area contributed by atoms with Crippen LogP contribution in [0.3, 0.4) is 0 Å². The predicted octanol–water partition coefficient (Wildman–Crippen LogP) is 4.01. The van der Waals surface area contributed by atoms with Gasteiger partial charge in [0, 0.05) is 12.6 Å². The average Bonchev–Trinajstić information content (AvgIpc) is 2.70. The van der Waals surface area contributed by atoms with Crippen LogP contribution < -0.4 is 5.01 Å². The number of aromatic nitrogens is 1. The van der Waals surface area contributed by atoms with E-state index < -0.39 is 0 Å². The minimum atomic E-state index is -0.268. The third kappa shape index (κ3) is 3.06. The highest BCUT2D eigenvalue weighted by Gasteiger charge is 2.33. The van der Waals surface area contributed by atoms with Gasteiger partial charge in [-0.15, -0.1) is 0 Å². The predicted molar refractivity (Wildman–Crippen MR) is 98.5 cm³/mol. The quantitative estimate of drug-likeness (QED) is 0.730. The lowest BCUT2D eigenvalue weighted by Gasteiger charge is -2.29. The highest BCUT2D eigenvalue weighted by Crippen LogP contribution is 2.31. The SMILES string of the molecule is O=C1C(c2ccccc2)CC(c2ccccc2)=NN1c1ccccn1. The van der Waals surface area contributed by atoms with Crippen LogP contribution >= 0.6 is 0 Å². The molecule has 2 heterocycles. The molecule has 0 N–H and O–H groups in total. The lowest BCUT2D eigenvalue weighted by atomic mass is 9.89. The van der Waals surface area contributed by atoms with Gasteiger partial charge in [-0.1, -0.05) is 66.7 Å². The first-order chi connectivity index (χ1) is 12.3. The number of hydrazone groups is 1. The van der Waals surface area contributed by atoms with E-state index in [0.29, 0.717) is 12.2 Å². The number of amides is 1. The van der Waals surface area contributed by atoms with E-state index in [0.717, 1.165) is 16.8 Å². The number of nitrogens with zero attached hydrogens (tertiary/aromatic N) is 3. The lowest BCUT2D eigenvalue weighted by molar-refractivity contribution is -0.120. The van der Waals surface area contributed by atoms with Crippen molar-refractivity contribution in [3.63, 3.8) is 0 Å². The van der Waals surface area contributed by atoms with Gasteiger partial charge in [-0.3, -0.25) is 4.79 Å². The Kier molecular flexibility index (Phi) is 4.09. The minimum absolute atomic E-state index is 0.0513. The topological polar surface area (TPSA) is 45.6 Å². The van der Waals surface area contributed by atoms with Crippen LogP contribution in [-0.4, -0.2) is 16.6 Å². The summed E-state index contributed by atoms with van der Waals surface area (Å²) in [6, 6.07) is 25.3. The molecule has 1 amide bonds. The molecule has 0 fully saturated rings. The van der Waals surface area contributed by atoms with Gasteiger partial charge < -0.3 is 0 Å². The van der Waals surface area contributed by atoms with Crippen molar-refractivity contribution in [3.8, 4) is 0 Å². The highest BCUT2D eigenvalue weighted by atomic mass is 16.2. The van der Waals surface area contributed by atoms with Gasteiger partial charge in [0.05, 0.1) is 11.6 Å². The number of hydrogen-bond acceptors (Lipinski definition) is 3. The molecule has 3 aromatic rings. The molecule has 0 spiro atoms. The zero-order valence-corrected chi connectivity index (χ0v) is 13.6. The molecule has 0 bridgehead atoms. The molecule has 0 aliphatic carbocycles. The Morgan fingerprint density at radius 1 is 0.840 bits per heavy atom.